The number of rotatable bonds is 3. The summed E-state index contributed by atoms with van der Waals surface area (Å²) in [4.78, 5) is 15.4. The molecular formula is C10H11N3OS. The third-order valence-corrected chi connectivity index (χ3v) is 2.96. The number of Topliss-reactive ketones (excluding diaryl/α,β-unsaturated/α-hetero) is 1. The number of aromatic nitrogens is 3. The van der Waals surface area contributed by atoms with Crippen molar-refractivity contribution in [2.75, 3.05) is 0 Å². The predicted molar refractivity (Wildman–Crippen MR) is 58.2 cm³/mol. The molecule has 2 heterocycles. The molecule has 0 radical (unpaired) electrons. The number of carbonyl (C=O) groups excluding carboxylic acids is 1. The van der Waals surface area contributed by atoms with Crippen LogP contribution in [0.15, 0.2) is 17.8 Å². The first-order chi connectivity index (χ1) is 7.15. The van der Waals surface area contributed by atoms with E-state index < -0.39 is 0 Å². The Labute approximate surface area is 91.6 Å². The molecule has 0 fully saturated rings. The fourth-order valence-electron chi connectivity index (χ4n) is 1.25. The third-order valence-electron chi connectivity index (χ3n) is 2.00. The van der Waals surface area contributed by atoms with E-state index in [2.05, 4.69) is 10.1 Å². The normalized spacial score (nSPS) is 10.5. The van der Waals surface area contributed by atoms with Gasteiger partial charge in [-0.2, -0.15) is 5.10 Å². The quantitative estimate of drug-likeness (QED) is 0.744. The monoisotopic (exact) mass is 221 g/mol. The largest absolute Gasteiger partial charge is 0.294 e. The second kappa shape index (κ2) is 3.94. The second-order valence-corrected chi connectivity index (χ2v) is 4.31. The van der Waals surface area contributed by atoms with Gasteiger partial charge in [0.1, 0.15) is 5.01 Å². The van der Waals surface area contributed by atoms with Crippen LogP contribution >= 0.6 is 11.3 Å². The van der Waals surface area contributed by atoms with Gasteiger partial charge in [0, 0.05) is 17.3 Å². The Morgan fingerprint density at radius 3 is 2.93 bits per heavy atom. The maximum atomic E-state index is 11.0. The molecule has 0 N–H and O–H groups in total. The molecule has 0 aliphatic carbocycles. The van der Waals surface area contributed by atoms with Crippen LogP contribution in [-0.2, 0) is 6.54 Å². The second-order valence-electron chi connectivity index (χ2n) is 3.37. The lowest BCUT2D eigenvalue weighted by Gasteiger charge is -1.95. The van der Waals surface area contributed by atoms with E-state index in [1.165, 1.54) is 6.92 Å². The van der Waals surface area contributed by atoms with Crippen molar-refractivity contribution in [2.24, 2.45) is 0 Å². The van der Waals surface area contributed by atoms with E-state index in [9.17, 15) is 4.79 Å². The van der Waals surface area contributed by atoms with Crippen molar-refractivity contribution in [1.82, 2.24) is 14.8 Å². The summed E-state index contributed by atoms with van der Waals surface area (Å²) >= 11 is 1.61. The van der Waals surface area contributed by atoms with Gasteiger partial charge in [-0.05, 0) is 13.8 Å². The summed E-state index contributed by atoms with van der Waals surface area (Å²) < 4.78 is 1.73. The van der Waals surface area contributed by atoms with Crippen molar-refractivity contribution in [3.8, 4) is 0 Å². The van der Waals surface area contributed by atoms with E-state index in [0.717, 1.165) is 10.7 Å². The van der Waals surface area contributed by atoms with Gasteiger partial charge < -0.3 is 0 Å². The van der Waals surface area contributed by atoms with Gasteiger partial charge in [0.05, 0.1) is 18.3 Å². The highest BCUT2D eigenvalue weighted by atomic mass is 32.1. The van der Waals surface area contributed by atoms with Gasteiger partial charge in [-0.1, -0.05) is 0 Å². The molecule has 0 amide bonds. The van der Waals surface area contributed by atoms with Crippen LogP contribution in [0.5, 0.6) is 0 Å². The Kier molecular flexibility index (Phi) is 2.64. The van der Waals surface area contributed by atoms with Crippen molar-refractivity contribution in [3.63, 3.8) is 0 Å². The van der Waals surface area contributed by atoms with Crippen LogP contribution < -0.4 is 0 Å². The van der Waals surface area contributed by atoms with Gasteiger partial charge in [0.25, 0.3) is 0 Å². The minimum atomic E-state index is 0.0385. The molecule has 5 heteroatoms. The summed E-state index contributed by atoms with van der Waals surface area (Å²) in [5.74, 6) is 0.0385. The molecule has 0 spiro atoms. The van der Waals surface area contributed by atoms with Gasteiger partial charge in [0.15, 0.2) is 5.78 Å². The minimum absolute atomic E-state index is 0.0385. The number of thiazole rings is 1. The molecule has 0 aliphatic heterocycles. The van der Waals surface area contributed by atoms with Crippen molar-refractivity contribution in [3.05, 3.63) is 34.0 Å². The molecule has 0 saturated heterocycles. The van der Waals surface area contributed by atoms with E-state index in [1.54, 1.807) is 28.4 Å². The Balaban J connectivity index is 2.14. The molecule has 0 unspecified atom stereocenters. The SMILES string of the molecule is CC(=O)c1cnn(Cc2nc(C)cs2)c1. The zero-order valence-corrected chi connectivity index (χ0v) is 9.41. The van der Waals surface area contributed by atoms with Crippen molar-refractivity contribution in [1.29, 1.82) is 0 Å². The van der Waals surface area contributed by atoms with Crippen LogP contribution in [0.1, 0.15) is 28.0 Å². The molecule has 0 aliphatic rings. The fourth-order valence-corrected chi connectivity index (χ4v) is 2.01. The highest BCUT2D eigenvalue weighted by Crippen LogP contribution is 2.10. The van der Waals surface area contributed by atoms with Crippen molar-refractivity contribution >= 4 is 17.1 Å². The number of aryl methyl sites for hydroxylation is 1. The van der Waals surface area contributed by atoms with Gasteiger partial charge in [-0.25, -0.2) is 4.98 Å². The zero-order valence-electron chi connectivity index (χ0n) is 8.60. The molecule has 2 aromatic rings. The summed E-state index contributed by atoms with van der Waals surface area (Å²) in [6.45, 7) is 4.13. The van der Waals surface area contributed by atoms with Crippen LogP contribution in [0.25, 0.3) is 0 Å². The van der Waals surface area contributed by atoms with Crippen LogP contribution in [0.2, 0.25) is 0 Å². The van der Waals surface area contributed by atoms with Crippen LogP contribution in [0.4, 0.5) is 0 Å². The molecule has 0 aromatic carbocycles. The molecule has 4 nitrogen and oxygen atoms in total. The Bertz CT molecular complexity index is 486. The lowest BCUT2D eigenvalue weighted by molar-refractivity contribution is 0.101. The summed E-state index contributed by atoms with van der Waals surface area (Å²) in [5.41, 5.74) is 1.66. The molecule has 0 saturated carbocycles. The fraction of sp³-hybridized carbons (Fsp3) is 0.300. The average Bonchev–Trinajstić information content (AvgIpc) is 2.76. The molecule has 2 aromatic heterocycles. The standard InChI is InChI=1S/C10H11N3OS/c1-7-6-15-10(12-7)5-13-4-9(3-11-13)8(2)14/h3-4,6H,5H2,1-2H3. The maximum absolute atomic E-state index is 11.0. The summed E-state index contributed by atoms with van der Waals surface area (Å²) in [5, 5.41) is 7.11. The summed E-state index contributed by atoms with van der Waals surface area (Å²) in [7, 11) is 0. The third kappa shape index (κ3) is 2.30. The molecular weight excluding hydrogens is 210 g/mol. The molecule has 15 heavy (non-hydrogen) atoms. The first-order valence-electron chi connectivity index (χ1n) is 4.59. The van der Waals surface area contributed by atoms with Crippen LogP contribution in [-0.4, -0.2) is 20.5 Å². The van der Waals surface area contributed by atoms with Gasteiger partial charge in [0.2, 0.25) is 0 Å². The Morgan fingerprint density at radius 2 is 2.40 bits per heavy atom. The number of hydrogen-bond donors (Lipinski definition) is 0. The van der Waals surface area contributed by atoms with E-state index >= 15 is 0 Å². The molecule has 0 bridgehead atoms. The smallest absolute Gasteiger partial charge is 0.162 e. The maximum Gasteiger partial charge on any atom is 0.162 e. The number of nitrogens with zero attached hydrogens (tertiary/aromatic N) is 3. The highest BCUT2D eigenvalue weighted by Gasteiger charge is 2.05. The van der Waals surface area contributed by atoms with Crippen LogP contribution in [0.3, 0.4) is 0 Å². The van der Waals surface area contributed by atoms with Gasteiger partial charge >= 0.3 is 0 Å². The molecule has 2 rings (SSSR count). The molecule has 0 atom stereocenters. The zero-order chi connectivity index (χ0) is 10.8. The predicted octanol–water partition coefficient (Wildman–Crippen LogP) is 1.90. The average molecular weight is 221 g/mol. The first kappa shape index (κ1) is 10.0. The van der Waals surface area contributed by atoms with E-state index in [0.29, 0.717) is 12.1 Å². The lowest BCUT2D eigenvalue weighted by Crippen LogP contribution is -1.99. The first-order valence-corrected chi connectivity index (χ1v) is 5.47. The number of hydrogen-bond acceptors (Lipinski definition) is 4. The number of carbonyl (C=O) groups is 1. The van der Waals surface area contributed by atoms with Crippen molar-refractivity contribution in [2.45, 2.75) is 20.4 Å². The molecule has 78 valence electrons. The van der Waals surface area contributed by atoms with E-state index in [1.807, 2.05) is 12.3 Å². The van der Waals surface area contributed by atoms with Crippen molar-refractivity contribution < 1.29 is 4.79 Å². The van der Waals surface area contributed by atoms with Crippen LogP contribution in [0, 0.1) is 6.92 Å². The Morgan fingerprint density at radius 1 is 1.60 bits per heavy atom. The summed E-state index contributed by atoms with van der Waals surface area (Å²) in [6.07, 6.45) is 3.34. The summed E-state index contributed by atoms with van der Waals surface area (Å²) in [6, 6.07) is 0. The van der Waals surface area contributed by atoms with Gasteiger partial charge in [-0.3, -0.25) is 9.48 Å². The van der Waals surface area contributed by atoms with Gasteiger partial charge in [-0.15, -0.1) is 11.3 Å². The van der Waals surface area contributed by atoms with E-state index in [-0.39, 0.29) is 5.78 Å². The highest BCUT2D eigenvalue weighted by molar-refractivity contribution is 7.09. The Hall–Kier alpha value is -1.49. The number of ketones is 1. The lowest BCUT2D eigenvalue weighted by atomic mass is 10.3. The minimum Gasteiger partial charge on any atom is -0.294 e. The topological polar surface area (TPSA) is 47.8 Å². The van der Waals surface area contributed by atoms with E-state index in [4.69, 9.17) is 0 Å².